The van der Waals surface area contributed by atoms with E-state index in [4.69, 9.17) is 14.2 Å². The van der Waals surface area contributed by atoms with E-state index in [-0.39, 0.29) is 36.1 Å². The Kier molecular flexibility index (Phi) is 15.0. The molecule has 0 aliphatic heterocycles. The number of alkyl carbamates (subject to hydrolysis) is 1. The number of rotatable bonds is 16. The van der Waals surface area contributed by atoms with Crippen molar-refractivity contribution in [1.29, 1.82) is 0 Å². The number of nitrogens with one attached hydrogen (secondary N) is 1. The smallest absolute Gasteiger partial charge is 0.408 e. The van der Waals surface area contributed by atoms with Gasteiger partial charge in [0.15, 0.2) is 5.69 Å². The number of aromatic nitrogens is 1. The van der Waals surface area contributed by atoms with Crippen LogP contribution in [-0.2, 0) is 19.0 Å². The van der Waals surface area contributed by atoms with Crippen LogP contribution < -0.4 is 5.32 Å². The molecular weight excluding hydrogens is 518 g/mol. The standard InChI is InChI=1S/C29H51N3O6S/c1-11-15-32(26(33)24(20(7)13-3)31-28(35)38-29(8,9)10)22(19(5)6)17-23(37-16-12-2)25-30-21(18-39-25)27(34)36-14-4/h18-20,22-24H,11-17H2,1-10H3,(H,31,35)/t20-,22+,23+,24-/m0/s1. The molecule has 1 aromatic heterocycles. The first-order valence-electron chi connectivity index (χ1n) is 14.3. The van der Waals surface area contributed by atoms with Gasteiger partial charge < -0.3 is 24.4 Å². The van der Waals surface area contributed by atoms with Crippen LogP contribution in [0.5, 0.6) is 0 Å². The molecule has 0 saturated heterocycles. The molecule has 1 rings (SSSR count). The second-order valence-corrected chi connectivity index (χ2v) is 12.1. The van der Waals surface area contributed by atoms with Crippen molar-refractivity contribution in [1.82, 2.24) is 15.2 Å². The molecule has 1 heterocycles. The minimum absolute atomic E-state index is 0.0876. The van der Waals surface area contributed by atoms with Crippen molar-refractivity contribution in [3.8, 4) is 0 Å². The second-order valence-electron chi connectivity index (χ2n) is 11.2. The number of amides is 2. The van der Waals surface area contributed by atoms with E-state index in [0.717, 1.165) is 19.3 Å². The van der Waals surface area contributed by atoms with Crippen LogP contribution in [0.4, 0.5) is 4.79 Å². The zero-order valence-electron chi connectivity index (χ0n) is 25.7. The molecule has 2 amide bonds. The predicted molar refractivity (Wildman–Crippen MR) is 155 cm³/mol. The van der Waals surface area contributed by atoms with Crippen molar-refractivity contribution in [2.24, 2.45) is 11.8 Å². The number of ether oxygens (including phenoxy) is 3. The number of nitrogens with zero attached hydrogens (tertiary/aromatic N) is 2. The third-order valence-electron chi connectivity index (χ3n) is 6.33. The Bertz CT molecular complexity index is 898. The molecule has 1 aromatic rings. The second kappa shape index (κ2) is 16.8. The zero-order chi connectivity index (χ0) is 29.8. The summed E-state index contributed by atoms with van der Waals surface area (Å²) in [4.78, 5) is 45.5. The molecule has 10 heteroatoms. The van der Waals surface area contributed by atoms with Crippen LogP contribution in [-0.4, -0.2) is 65.3 Å². The van der Waals surface area contributed by atoms with Crippen LogP contribution in [0.25, 0.3) is 0 Å². The van der Waals surface area contributed by atoms with E-state index in [2.05, 4.69) is 24.1 Å². The lowest BCUT2D eigenvalue weighted by molar-refractivity contribution is -0.139. The fourth-order valence-corrected chi connectivity index (χ4v) is 5.04. The zero-order valence-corrected chi connectivity index (χ0v) is 26.5. The quantitative estimate of drug-likeness (QED) is 0.230. The molecule has 0 fully saturated rings. The Morgan fingerprint density at radius 1 is 1.08 bits per heavy atom. The monoisotopic (exact) mass is 569 g/mol. The molecule has 39 heavy (non-hydrogen) atoms. The van der Waals surface area contributed by atoms with Crippen LogP contribution in [0, 0.1) is 11.8 Å². The summed E-state index contributed by atoms with van der Waals surface area (Å²) in [6.07, 6.45) is 1.83. The minimum Gasteiger partial charge on any atom is -0.461 e. The maximum absolute atomic E-state index is 14.1. The molecule has 4 atom stereocenters. The Balaban J connectivity index is 3.35. The molecule has 0 spiro atoms. The van der Waals surface area contributed by atoms with Crippen LogP contribution in [0.15, 0.2) is 5.38 Å². The summed E-state index contributed by atoms with van der Waals surface area (Å²) in [7, 11) is 0. The number of carbonyl (C=O) groups is 3. The van der Waals surface area contributed by atoms with E-state index in [1.54, 1.807) is 33.1 Å². The Morgan fingerprint density at radius 2 is 1.74 bits per heavy atom. The molecular formula is C29H51N3O6S. The Labute approximate surface area is 239 Å². The minimum atomic E-state index is -0.720. The van der Waals surface area contributed by atoms with Gasteiger partial charge in [0.25, 0.3) is 0 Å². The Hall–Kier alpha value is -2.20. The van der Waals surface area contributed by atoms with Gasteiger partial charge in [-0.15, -0.1) is 11.3 Å². The number of hydrogen-bond donors (Lipinski definition) is 1. The van der Waals surface area contributed by atoms with Crippen molar-refractivity contribution in [3.63, 3.8) is 0 Å². The first kappa shape index (κ1) is 34.8. The van der Waals surface area contributed by atoms with E-state index in [9.17, 15) is 14.4 Å². The maximum Gasteiger partial charge on any atom is 0.408 e. The normalized spacial score (nSPS) is 14.8. The van der Waals surface area contributed by atoms with Crippen molar-refractivity contribution in [3.05, 3.63) is 16.1 Å². The van der Waals surface area contributed by atoms with Gasteiger partial charge in [-0.1, -0.05) is 48.0 Å². The van der Waals surface area contributed by atoms with Crippen LogP contribution in [0.2, 0.25) is 0 Å². The molecule has 0 aromatic carbocycles. The number of carbonyl (C=O) groups excluding carboxylic acids is 3. The van der Waals surface area contributed by atoms with Crippen molar-refractivity contribution >= 4 is 29.3 Å². The predicted octanol–water partition coefficient (Wildman–Crippen LogP) is 6.38. The molecule has 224 valence electrons. The fourth-order valence-electron chi connectivity index (χ4n) is 4.19. The number of hydrogen-bond acceptors (Lipinski definition) is 8. The van der Waals surface area contributed by atoms with Gasteiger partial charge >= 0.3 is 12.1 Å². The van der Waals surface area contributed by atoms with Gasteiger partial charge in [-0.3, -0.25) is 4.79 Å². The van der Waals surface area contributed by atoms with Gasteiger partial charge in [0.05, 0.1) is 6.61 Å². The molecule has 9 nitrogen and oxygen atoms in total. The fraction of sp³-hybridized carbons (Fsp3) is 0.793. The van der Waals surface area contributed by atoms with Gasteiger partial charge in [0, 0.05) is 31.0 Å². The van der Waals surface area contributed by atoms with E-state index < -0.39 is 29.8 Å². The van der Waals surface area contributed by atoms with Gasteiger partial charge in [-0.25, -0.2) is 14.6 Å². The third-order valence-corrected chi connectivity index (χ3v) is 7.27. The SMILES string of the molecule is CCCO[C@H](C[C@H](C(C)C)N(CCC)C(=O)[C@@H](NC(=O)OC(C)(C)C)[C@@H](C)CC)c1nc(C(=O)OCC)cs1. The van der Waals surface area contributed by atoms with Gasteiger partial charge in [0.2, 0.25) is 5.91 Å². The molecule has 0 aliphatic rings. The molecule has 0 bridgehead atoms. The van der Waals surface area contributed by atoms with E-state index in [0.29, 0.717) is 24.6 Å². The lowest BCUT2D eigenvalue weighted by atomic mass is 9.92. The third kappa shape index (κ3) is 11.4. The van der Waals surface area contributed by atoms with E-state index >= 15 is 0 Å². The van der Waals surface area contributed by atoms with Gasteiger partial charge in [-0.05, 0) is 52.4 Å². The summed E-state index contributed by atoms with van der Waals surface area (Å²) in [5.41, 5.74) is -0.403. The van der Waals surface area contributed by atoms with E-state index in [1.165, 1.54) is 11.3 Å². The summed E-state index contributed by atoms with van der Waals surface area (Å²) in [6.45, 7) is 20.7. The lowest BCUT2D eigenvalue weighted by Crippen LogP contribution is -2.56. The van der Waals surface area contributed by atoms with Crippen molar-refractivity contribution in [2.75, 3.05) is 19.8 Å². The number of esters is 1. The van der Waals surface area contributed by atoms with Crippen LogP contribution in [0.3, 0.4) is 0 Å². The molecule has 0 unspecified atom stereocenters. The Morgan fingerprint density at radius 3 is 2.26 bits per heavy atom. The highest BCUT2D eigenvalue weighted by atomic mass is 32.1. The highest BCUT2D eigenvalue weighted by Crippen LogP contribution is 2.31. The first-order valence-corrected chi connectivity index (χ1v) is 15.2. The van der Waals surface area contributed by atoms with Crippen LogP contribution in [0.1, 0.15) is 117 Å². The average Bonchev–Trinajstić information content (AvgIpc) is 3.35. The van der Waals surface area contributed by atoms with Crippen molar-refractivity contribution in [2.45, 2.75) is 119 Å². The molecule has 0 radical (unpaired) electrons. The maximum atomic E-state index is 14.1. The van der Waals surface area contributed by atoms with Gasteiger partial charge in [0.1, 0.15) is 22.8 Å². The first-order chi connectivity index (χ1) is 18.3. The van der Waals surface area contributed by atoms with E-state index in [1.807, 2.05) is 32.6 Å². The summed E-state index contributed by atoms with van der Waals surface area (Å²) in [5.74, 6) is -0.564. The topological polar surface area (TPSA) is 107 Å². The summed E-state index contributed by atoms with van der Waals surface area (Å²) in [5, 5.41) is 5.24. The van der Waals surface area contributed by atoms with Gasteiger partial charge in [-0.2, -0.15) is 0 Å². The molecule has 1 N–H and O–H groups in total. The molecule has 0 aliphatic carbocycles. The van der Waals surface area contributed by atoms with Crippen LogP contribution >= 0.6 is 11.3 Å². The van der Waals surface area contributed by atoms with Crippen molar-refractivity contribution < 1.29 is 28.6 Å². The average molecular weight is 570 g/mol. The summed E-state index contributed by atoms with van der Waals surface area (Å²) >= 11 is 1.36. The summed E-state index contributed by atoms with van der Waals surface area (Å²) < 4.78 is 16.8. The lowest BCUT2D eigenvalue weighted by Gasteiger charge is -2.39. The molecule has 0 saturated carbocycles. The highest BCUT2D eigenvalue weighted by molar-refractivity contribution is 7.09. The summed E-state index contributed by atoms with van der Waals surface area (Å²) in [6, 6.07) is -0.899. The number of thiazole rings is 1. The largest absolute Gasteiger partial charge is 0.461 e. The highest BCUT2D eigenvalue weighted by Gasteiger charge is 2.37.